The molecule has 5 nitrogen and oxygen atoms in total. The van der Waals surface area contributed by atoms with Crippen LogP contribution in [-0.2, 0) is 13.1 Å². The third-order valence-electron chi connectivity index (χ3n) is 3.17. The van der Waals surface area contributed by atoms with Crippen molar-refractivity contribution in [1.29, 1.82) is 0 Å². The van der Waals surface area contributed by atoms with Gasteiger partial charge in [-0.2, -0.15) is 0 Å². The van der Waals surface area contributed by atoms with Gasteiger partial charge in [-0.1, -0.05) is 12.1 Å². The van der Waals surface area contributed by atoms with E-state index >= 15 is 0 Å². The fraction of sp³-hybridized carbons (Fsp3) is 0.267. The van der Waals surface area contributed by atoms with Crippen molar-refractivity contribution in [3.63, 3.8) is 0 Å². The number of rotatable bonds is 5. The molecule has 102 valence electrons. The topological polar surface area (TPSA) is 55.6 Å². The van der Waals surface area contributed by atoms with Gasteiger partial charge >= 0.3 is 0 Å². The van der Waals surface area contributed by atoms with Crippen LogP contribution in [0.5, 0.6) is 0 Å². The molecule has 0 saturated heterocycles. The molecule has 1 atom stereocenters. The first-order valence-corrected chi connectivity index (χ1v) is 6.71. The van der Waals surface area contributed by atoms with E-state index in [2.05, 4.69) is 31.8 Å². The molecule has 0 aliphatic rings. The van der Waals surface area contributed by atoms with Crippen LogP contribution in [0.15, 0.2) is 49.2 Å². The molecule has 2 heterocycles. The van der Waals surface area contributed by atoms with E-state index in [0.29, 0.717) is 12.6 Å². The van der Waals surface area contributed by atoms with E-state index in [1.54, 1.807) is 6.20 Å². The van der Waals surface area contributed by atoms with E-state index in [4.69, 9.17) is 0 Å². The average Bonchev–Trinajstić information content (AvgIpc) is 2.98. The van der Waals surface area contributed by atoms with E-state index in [1.807, 2.05) is 43.0 Å². The minimum Gasteiger partial charge on any atom is -0.336 e. The van der Waals surface area contributed by atoms with Gasteiger partial charge in [-0.3, -0.25) is 4.98 Å². The van der Waals surface area contributed by atoms with Crippen molar-refractivity contribution in [2.75, 3.05) is 0 Å². The number of para-hydroxylation sites is 2. The van der Waals surface area contributed by atoms with Gasteiger partial charge in [0.05, 0.1) is 29.3 Å². The first-order valence-electron chi connectivity index (χ1n) is 6.71. The van der Waals surface area contributed by atoms with Gasteiger partial charge in [0.1, 0.15) is 0 Å². The molecule has 20 heavy (non-hydrogen) atoms. The smallest absolute Gasteiger partial charge is 0.0946 e. The molecule has 0 amide bonds. The molecule has 0 aliphatic carbocycles. The van der Waals surface area contributed by atoms with Crippen molar-refractivity contribution in [2.45, 2.75) is 26.1 Å². The summed E-state index contributed by atoms with van der Waals surface area (Å²) in [6, 6.07) is 8.26. The highest BCUT2D eigenvalue weighted by Gasteiger charge is 2.04. The molecule has 1 aromatic carbocycles. The van der Waals surface area contributed by atoms with Gasteiger partial charge in [-0.25, -0.2) is 9.97 Å². The zero-order chi connectivity index (χ0) is 13.8. The minimum atomic E-state index is 0.345. The van der Waals surface area contributed by atoms with Crippen LogP contribution in [0.2, 0.25) is 0 Å². The molecule has 3 aromatic rings. The average molecular weight is 267 g/mol. The highest BCUT2D eigenvalue weighted by molar-refractivity contribution is 5.73. The molecule has 0 spiro atoms. The van der Waals surface area contributed by atoms with Crippen LogP contribution in [-0.4, -0.2) is 25.6 Å². The highest BCUT2D eigenvalue weighted by atomic mass is 15.1. The van der Waals surface area contributed by atoms with Gasteiger partial charge in [0.25, 0.3) is 0 Å². The lowest BCUT2D eigenvalue weighted by Crippen LogP contribution is -2.29. The second-order valence-electron chi connectivity index (χ2n) is 4.89. The van der Waals surface area contributed by atoms with Crippen LogP contribution in [0.3, 0.4) is 0 Å². The van der Waals surface area contributed by atoms with Gasteiger partial charge in [-0.05, 0) is 19.1 Å². The van der Waals surface area contributed by atoms with Crippen LogP contribution in [0.25, 0.3) is 11.0 Å². The summed E-state index contributed by atoms with van der Waals surface area (Å²) in [5, 5.41) is 3.45. The summed E-state index contributed by atoms with van der Waals surface area (Å²) in [5.74, 6) is 0. The zero-order valence-corrected chi connectivity index (χ0v) is 11.4. The lowest BCUT2D eigenvalue weighted by molar-refractivity contribution is 0.473. The predicted molar refractivity (Wildman–Crippen MR) is 78.1 cm³/mol. The summed E-state index contributed by atoms with van der Waals surface area (Å²) in [5.41, 5.74) is 2.83. The van der Waals surface area contributed by atoms with Crippen molar-refractivity contribution in [1.82, 2.24) is 24.8 Å². The molecule has 0 saturated carbocycles. The second kappa shape index (κ2) is 5.79. The molecule has 0 aliphatic heterocycles. The Morgan fingerprint density at radius 1 is 1.25 bits per heavy atom. The molecule has 0 bridgehead atoms. The lowest BCUT2D eigenvalue weighted by Gasteiger charge is -2.14. The van der Waals surface area contributed by atoms with Crippen LogP contribution in [0, 0.1) is 0 Å². The Balaban J connectivity index is 1.61. The monoisotopic (exact) mass is 267 g/mol. The third-order valence-corrected chi connectivity index (χ3v) is 3.17. The Morgan fingerprint density at radius 2 is 2.10 bits per heavy atom. The molecule has 1 unspecified atom stereocenters. The number of nitrogens with zero attached hydrogens (tertiary/aromatic N) is 4. The van der Waals surface area contributed by atoms with E-state index in [9.17, 15) is 0 Å². The summed E-state index contributed by atoms with van der Waals surface area (Å²) in [4.78, 5) is 13.1. The number of hydrogen-bond donors (Lipinski definition) is 1. The summed E-state index contributed by atoms with van der Waals surface area (Å²) in [6.07, 6.45) is 7.42. The largest absolute Gasteiger partial charge is 0.336 e. The quantitative estimate of drug-likeness (QED) is 0.768. The van der Waals surface area contributed by atoms with Gasteiger partial charge in [0, 0.05) is 31.5 Å². The number of fused-ring (bicyclic) bond motifs is 1. The first kappa shape index (κ1) is 12.7. The Morgan fingerprint density at radius 3 is 2.90 bits per heavy atom. The maximum atomic E-state index is 4.60. The minimum absolute atomic E-state index is 0.345. The third kappa shape index (κ3) is 3.00. The molecule has 1 N–H and O–H groups in total. The van der Waals surface area contributed by atoms with Crippen molar-refractivity contribution < 1.29 is 0 Å². The molecule has 0 fully saturated rings. The highest BCUT2D eigenvalue weighted by Crippen LogP contribution is 2.08. The number of benzene rings is 1. The van der Waals surface area contributed by atoms with Gasteiger partial charge < -0.3 is 9.88 Å². The van der Waals surface area contributed by atoms with Crippen LogP contribution >= 0.6 is 0 Å². The lowest BCUT2D eigenvalue weighted by atomic mass is 10.3. The summed E-state index contributed by atoms with van der Waals surface area (Å²) in [7, 11) is 0. The van der Waals surface area contributed by atoms with Gasteiger partial charge in [0.15, 0.2) is 0 Å². The number of aromatic nitrogens is 4. The van der Waals surface area contributed by atoms with Crippen LogP contribution < -0.4 is 5.32 Å². The summed E-state index contributed by atoms with van der Waals surface area (Å²) >= 11 is 0. The van der Waals surface area contributed by atoms with Crippen LogP contribution in [0.4, 0.5) is 0 Å². The maximum absolute atomic E-state index is 4.60. The number of hydrogen-bond acceptors (Lipinski definition) is 4. The fourth-order valence-corrected chi connectivity index (χ4v) is 2.13. The molecule has 0 radical (unpaired) electrons. The van der Waals surface area contributed by atoms with Gasteiger partial charge in [-0.15, -0.1) is 0 Å². The second-order valence-corrected chi connectivity index (χ2v) is 4.89. The van der Waals surface area contributed by atoms with E-state index < -0.39 is 0 Å². The maximum Gasteiger partial charge on any atom is 0.0946 e. The zero-order valence-electron chi connectivity index (χ0n) is 11.4. The summed E-state index contributed by atoms with van der Waals surface area (Å²) in [6.45, 7) is 3.75. The number of nitrogens with one attached hydrogen (secondary N) is 1. The fourth-order valence-electron chi connectivity index (χ4n) is 2.13. The Kier molecular flexibility index (Phi) is 3.69. The van der Waals surface area contributed by atoms with Gasteiger partial charge in [0.2, 0.25) is 0 Å². The van der Waals surface area contributed by atoms with Crippen molar-refractivity contribution in [3.8, 4) is 0 Å². The predicted octanol–water partition coefficient (Wildman–Crippen LogP) is 2.00. The molecular weight excluding hydrogens is 250 g/mol. The number of imidazole rings is 1. The molecular formula is C15H17N5. The van der Waals surface area contributed by atoms with Crippen molar-refractivity contribution in [3.05, 3.63) is 54.9 Å². The van der Waals surface area contributed by atoms with Crippen molar-refractivity contribution in [2.24, 2.45) is 0 Å². The molecule has 2 aromatic heterocycles. The Hall–Kier alpha value is -2.27. The van der Waals surface area contributed by atoms with Crippen LogP contribution in [0.1, 0.15) is 12.6 Å². The first-order chi connectivity index (χ1) is 9.81. The Bertz CT molecular complexity index is 678. The Labute approximate surface area is 117 Å². The van der Waals surface area contributed by atoms with E-state index in [1.165, 1.54) is 0 Å². The standard InChI is InChI=1S/C15H17N5/c1-12(10-20-7-6-16-11-20)17-8-13-9-18-14-4-2-3-5-15(14)19-13/h2-7,9,11-12,17H,8,10H2,1H3. The van der Waals surface area contributed by atoms with E-state index in [-0.39, 0.29) is 0 Å². The van der Waals surface area contributed by atoms with E-state index in [0.717, 1.165) is 23.3 Å². The van der Waals surface area contributed by atoms with Crippen molar-refractivity contribution >= 4 is 11.0 Å². The molecule has 5 heteroatoms. The normalized spacial score (nSPS) is 12.7. The summed E-state index contributed by atoms with van der Waals surface area (Å²) < 4.78 is 2.06. The molecule has 3 rings (SSSR count). The SMILES string of the molecule is CC(Cn1ccnc1)NCc1cnc2ccccc2n1.